The Hall–Kier alpha value is -2.24. The lowest BCUT2D eigenvalue weighted by atomic mass is 10.4. The number of nitrogens with one attached hydrogen (secondary N) is 1. The molecule has 0 aliphatic carbocycles. The molecule has 0 aliphatic rings. The number of rotatable bonds is 2. The number of anilines is 3. The van der Waals surface area contributed by atoms with Crippen molar-refractivity contribution < 1.29 is 0 Å². The van der Waals surface area contributed by atoms with Crippen LogP contribution in [-0.4, -0.2) is 19.9 Å². The van der Waals surface area contributed by atoms with Crippen LogP contribution in [-0.2, 0) is 0 Å². The van der Waals surface area contributed by atoms with Gasteiger partial charge in [-0.05, 0) is 12.1 Å². The normalized spacial score (nSPS) is 9.71. The number of nitrogen functional groups attached to an aromatic ring is 1. The molecule has 6 nitrogen and oxygen atoms in total. The van der Waals surface area contributed by atoms with Crippen LogP contribution in [0.4, 0.5) is 17.6 Å². The third-order valence-electron chi connectivity index (χ3n) is 1.51. The van der Waals surface area contributed by atoms with E-state index in [0.717, 1.165) is 5.69 Å². The fourth-order valence-electron chi connectivity index (χ4n) is 0.935. The molecule has 0 bridgehead atoms. The van der Waals surface area contributed by atoms with Crippen molar-refractivity contribution in [2.24, 2.45) is 0 Å². The van der Waals surface area contributed by atoms with Gasteiger partial charge in [0.05, 0.1) is 11.9 Å². The van der Waals surface area contributed by atoms with Gasteiger partial charge in [0.1, 0.15) is 6.33 Å². The van der Waals surface area contributed by atoms with E-state index in [0.29, 0.717) is 5.95 Å². The first-order chi connectivity index (χ1) is 6.84. The molecule has 0 spiro atoms. The van der Waals surface area contributed by atoms with Crippen molar-refractivity contribution in [3.05, 3.63) is 30.9 Å². The zero-order chi connectivity index (χ0) is 9.80. The van der Waals surface area contributed by atoms with Gasteiger partial charge in [-0.25, -0.2) is 9.97 Å². The van der Waals surface area contributed by atoms with Gasteiger partial charge in [0.2, 0.25) is 11.9 Å². The van der Waals surface area contributed by atoms with Crippen LogP contribution in [0, 0.1) is 0 Å². The fraction of sp³-hybridized carbons (Fsp3) is 0. The Labute approximate surface area is 80.3 Å². The molecule has 2 rings (SSSR count). The standard InChI is InChI=1S/C8H8N6/c9-7-11-5-12-8(14-7)13-6-2-1-3-10-4-6/h1-5H,(H3,9,11,12,13,14). The van der Waals surface area contributed by atoms with Gasteiger partial charge in [-0.15, -0.1) is 0 Å². The molecule has 0 saturated carbocycles. The lowest BCUT2D eigenvalue weighted by Crippen LogP contribution is -2.01. The van der Waals surface area contributed by atoms with Crippen molar-refractivity contribution in [2.75, 3.05) is 11.1 Å². The number of nitrogens with two attached hydrogens (primary N) is 1. The topological polar surface area (TPSA) is 89.6 Å². The summed E-state index contributed by atoms with van der Waals surface area (Å²) in [4.78, 5) is 15.4. The number of pyridine rings is 1. The minimum atomic E-state index is 0.186. The number of nitrogens with zero attached hydrogens (tertiary/aromatic N) is 4. The first-order valence-electron chi connectivity index (χ1n) is 3.96. The second-order valence-corrected chi connectivity index (χ2v) is 2.53. The van der Waals surface area contributed by atoms with Crippen LogP contribution in [0.25, 0.3) is 0 Å². The van der Waals surface area contributed by atoms with Crippen LogP contribution in [0.3, 0.4) is 0 Å². The lowest BCUT2D eigenvalue weighted by molar-refractivity contribution is 1.07. The van der Waals surface area contributed by atoms with Crippen LogP contribution >= 0.6 is 0 Å². The molecule has 0 aromatic carbocycles. The highest BCUT2D eigenvalue weighted by molar-refractivity contribution is 5.51. The maximum absolute atomic E-state index is 5.39. The Morgan fingerprint density at radius 3 is 2.93 bits per heavy atom. The predicted octanol–water partition coefficient (Wildman–Crippen LogP) is 0.592. The van der Waals surface area contributed by atoms with E-state index in [9.17, 15) is 0 Å². The van der Waals surface area contributed by atoms with Crippen molar-refractivity contribution in [1.82, 2.24) is 19.9 Å². The summed E-state index contributed by atoms with van der Waals surface area (Å²) in [6.07, 6.45) is 4.70. The third-order valence-corrected chi connectivity index (χ3v) is 1.51. The molecule has 70 valence electrons. The van der Waals surface area contributed by atoms with Crippen molar-refractivity contribution in [3.63, 3.8) is 0 Å². The van der Waals surface area contributed by atoms with E-state index in [-0.39, 0.29) is 5.95 Å². The van der Waals surface area contributed by atoms with Gasteiger partial charge in [-0.1, -0.05) is 0 Å². The monoisotopic (exact) mass is 188 g/mol. The summed E-state index contributed by atoms with van der Waals surface area (Å²) in [7, 11) is 0. The molecule has 0 atom stereocenters. The zero-order valence-electron chi connectivity index (χ0n) is 7.25. The lowest BCUT2D eigenvalue weighted by Gasteiger charge is -2.02. The minimum Gasteiger partial charge on any atom is -0.368 e. The first kappa shape index (κ1) is 8.36. The molecule has 0 amide bonds. The Balaban J connectivity index is 2.19. The van der Waals surface area contributed by atoms with E-state index in [1.807, 2.05) is 12.1 Å². The molecule has 0 fully saturated rings. The summed E-state index contributed by atoms with van der Waals surface area (Å²) in [5.74, 6) is 0.594. The Morgan fingerprint density at radius 2 is 2.21 bits per heavy atom. The first-order valence-corrected chi connectivity index (χ1v) is 3.96. The number of hydrogen-bond acceptors (Lipinski definition) is 6. The summed E-state index contributed by atoms with van der Waals surface area (Å²) < 4.78 is 0. The summed E-state index contributed by atoms with van der Waals surface area (Å²) in [5.41, 5.74) is 6.20. The van der Waals surface area contributed by atoms with E-state index in [1.165, 1.54) is 6.33 Å². The zero-order valence-corrected chi connectivity index (χ0v) is 7.25. The highest BCUT2D eigenvalue weighted by atomic mass is 15.2. The molecule has 2 aromatic heterocycles. The molecule has 0 unspecified atom stereocenters. The van der Waals surface area contributed by atoms with E-state index >= 15 is 0 Å². The fourth-order valence-corrected chi connectivity index (χ4v) is 0.935. The average Bonchev–Trinajstić information content (AvgIpc) is 2.19. The molecule has 3 N–H and O–H groups in total. The van der Waals surface area contributed by atoms with Crippen LogP contribution in [0.1, 0.15) is 0 Å². The summed E-state index contributed by atoms with van der Waals surface area (Å²) in [6.45, 7) is 0. The number of aromatic nitrogens is 4. The average molecular weight is 188 g/mol. The smallest absolute Gasteiger partial charge is 0.232 e. The Kier molecular flexibility index (Phi) is 2.18. The van der Waals surface area contributed by atoms with Crippen LogP contribution < -0.4 is 11.1 Å². The maximum Gasteiger partial charge on any atom is 0.232 e. The highest BCUT2D eigenvalue weighted by Crippen LogP contribution is 2.09. The summed E-state index contributed by atoms with van der Waals surface area (Å²) >= 11 is 0. The van der Waals surface area contributed by atoms with Gasteiger partial charge in [0.25, 0.3) is 0 Å². The Morgan fingerprint density at radius 1 is 1.29 bits per heavy atom. The van der Waals surface area contributed by atoms with Gasteiger partial charge in [-0.2, -0.15) is 4.98 Å². The Bertz CT molecular complexity index is 415. The van der Waals surface area contributed by atoms with E-state index in [1.54, 1.807) is 12.4 Å². The maximum atomic E-state index is 5.39. The third kappa shape index (κ3) is 1.92. The SMILES string of the molecule is Nc1ncnc(Nc2cccnc2)n1. The molecular weight excluding hydrogens is 180 g/mol. The summed E-state index contributed by atoms with van der Waals surface area (Å²) in [6, 6.07) is 3.67. The molecule has 2 aromatic rings. The molecule has 0 saturated heterocycles. The molecule has 2 heterocycles. The van der Waals surface area contributed by atoms with Crippen LogP contribution in [0.15, 0.2) is 30.9 Å². The van der Waals surface area contributed by atoms with Crippen molar-refractivity contribution in [3.8, 4) is 0 Å². The van der Waals surface area contributed by atoms with Crippen LogP contribution in [0.2, 0.25) is 0 Å². The largest absolute Gasteiger partial charge is 0.368 e. The van der Waals surface area contributed by atoms with Gasteiger partial charge in [-0.3, -0.25) is 4.98 Å². The van der Waals surface area contributed by atoms with Crippen molar-refractivity contribution in [1.29, 1.82) is 0 Å². The van der Waals surface area contributed by atoms with Gasteiger partial charge < -0.3 is 11.1 Å². The number of hydrogen-bond donors (Lipinski definition) is 2. The quantitative estimate of drug-likeness (QED) is 0.717. The molecule has 0 aliphatic heterocycles. The highest BCUT2D eigenvalue weighted by Gasteiger charge is 1.97. The second kappa shape index (κ2) is 3.65. The predicted molar refractivity (Wildman–Crippen MR) is 51.8 cm³/mol. The summed E-state index contributed by atoms with van der Waals surface area (Å²) in [5, 5.41) is 2.94. The minimum absolute atomic E-state index is 0.186. The molecule has 0 radical (unpaired) electrons. The molecular formula is C8H8N6. The van der Waals surface area contributed by atoms with E-state index < -0.39 is 0 Å². The molecule has 6 heteroatoms. The van der Waals surface area contributed by atoms with E-state index in [2.05, 4.69) is 25.3 Å². The molecule has 14 heavy (non-hydrogen) atoms. The van der Waals surface area contributed by atoms with Crippen molar-refractivity contribution >= 4 is 17.6 Å². The second-order valence-electron chi connectivity index (χ2n) is 2.53. The van der Waals surface area contributed by atoms with Crippen LogP contribution in [0.5, 0.6) is 0 Å². The van der Waals surface area contributed by atoms with Gasteiger partial charge in [0.15, 0.2) is 0 Å². The van der Waals surface area contributed by atoms with Crippen molar-refractivity contribution in [2.45, 2.75) is 0 Å². The van der Waals surface area contributed by atoms with E-state index in [4.69, 9.17) is 5.73 Å². The van der Waals surface area contributed by atoms with Gasteiger partial charge >= 0.3 is 0 Å². The van der Waals surface area contributed by atoms with Gasteiger partial charge in [0, 0.05) is 6.20 Å².